The Morgan fingerprint density at radius 2 is 1.70 bits per heavy atom. The van der Waals surface area contributed by atoms with Gasteiger partial charge in [0.2, 0.25) is 0 Å². The van der Waals surface area contributed by atoms with Crippen molar-refractivity contribution in [1.29, 1.82) is 10.5 Å². The molecule has 0 aliphatic rings. The lowest BCUT2D eigenvalue weighted by Crippen LogP contribution is -1.93. The largest absolute Gasteiger partial charge is 0.455 e. The quantitative estimate of drug-likeness (QED) is 0.805. The summed E-state index contributed by atoms with van der Waals surface area (Å²) in [5, 5.41) is 18.1. The van der Waals surface area contributed by atoms with Gasteiger partial charge in [0.05, 0.1) is 21.7 Å². The maximum absolute atomic E-state index is 10.9. The van der Waals surface area contributed by atoms with E-state index in [1.165, 1.54) is 12.1 Å². The van der Waals surface area contributed by atoms with Crippen LogP contribution in [0.5, 0.6) is 11.5 Å². The Morgan fingerprint density at radius 1 is 1.05 bits per heavy atom. The van der Waals surface area contributed by atoms with E-state index in [4.69, 9.17) is 26.9 Å². The minimum atomic E-state index is 0.162. The van der Waals surface area contributed by atoms with Crippen LogP contribution in [-0.2, 0) is 0 Å². The second-order valence-electron chi connectivity index (χ2n) is 3.81. The Kier molecular flexibility index (Phi) is 4.00. The Labute approximate surface area is 120 Å². The van der Waals surface area contributed by atoms with Gasteiger partial charge in [-0.3, -0.25) is 4.79 Å². The number of halogens is 1. The van der Waals surface area contributed by atoms with Gasteiger partial charge < -0.3 is 4.74 Å². The molecule has 0 amide bonds. The van der Waals surface area contributed by atoms with Gasteiger partial charge in [-0.15, -0.1) is 0 Å². The summed E-state index contributed by atoms with van der Waals surface area (Å²) in [7, 11) is 0. The predicted molar refractivity (Wildman–Crippen MR) is 72.8 cm³/mol. The highest BCUT2D eigenvalue weighted by Gasteiger charge is 2.11. The van der Waals surface area contributed by atoms with Crippen LogP contribution >= 0.6 is 11.6 Å². The first-order valence-corrected chi connectivity index (χ1v) is 5.93. The minimum Gasteiger partial charge on any atom is -0.455 e. The van der Waals surface area contributed by atoms with Gasteiger partial charge in [0, 0.05) is 6.07 Å². The van der Waals surface area contributed by atoms with E-state index in [0.29, 0.717) is 17.6 Å². The summed E-state index contributed by atoms with van der Waals surface area (Å²) in [6.07, 6.45) is 0.665. The Hall–Kier alpha value is -2.82. The number of ether oxygens (including phenoxy) is 1. The molecule has 0 N–H and O–H groups in total. The fourth-order valence-electron chi connectivity index (χ4n) is 1.61. The molecule has 2 aromatic rings. The lowest BCUT2D eigenvalue weighted by molar-refractivity contribution is 0.112. The fraction of sp³-hybridized carbons (Fsp3) is 0. The summed E-state index contributed by atoms with van der Waals surface area (Å²) in [6, 6.07) is 13.2. The van der Waals surface area contributed by atoms with E-state index in [1.54, 1.807) is 24.3 Å². The average Bonchev–Trinajstić information content (AvgIpc) is 2.49. The molecule has 0 spiro atoms. The molecule has 0 radical (unpaired) electrons. The van der Waals surface area contributed by atoms with Gasteiger partial charge in [-0.1, -0.05) is 23.7 Å². The van der Waals surface area contributed by atoms with Crippen LogP contribution in [0.25, 0.3) is 0 Å². The maximum atomic E-state index is 10.9. The fourth-order valence-corrected chi connectivity index (χ4v) is 1.81. The van der Waals surface area contributed by atoms with E-state index in [-0.39, 0.29) is 21.9 Å². The zero-order chi connectivity index (χ0) is 14.5. The van der Waals surface area contributed by atoms with Crippen LogP contribution in [0.2, 0.25) is 5.02 Å². The molecular weight excluding hydrogens is 276 g/mol. The summed E-state index contributed by atoms with van der Waals surface area (Å²) >= 11 is 6.01. The third-order valence-corrected chi connectivity index (χ3v) is 2.87. The number of para-hydroxylation sites is 1. The number of hydrogen-bond acceptors (Lipinski definition) is 4. The van der Waals surface area contributed by atoms with Crippen LogP contribution in [0, 0.1) is 22.7 Å². The molecule has 0 saturated carbocycles. The standard InChI is InChI=1S/C15H7ClN2O2/c16-13-5-11(7-17)12(8-18)6-15(13)20-14-4-2-1-3-10(14)9-19/h1-6,9H. The molecule has 20 heavy (non-hydrogen) atoms. The molecule has 0 heterocycles. The van der Waals surface area contributed by atoms with E-state index in [2.05, 4.69) is 0 Å². The molecule has 5 heteroatoms. The van der Waals surface area contributed by atoms with Crippen molar-refractivity contribution in [3.05, 3.63) is 58.1 Å². The molecule has 0 aliphatic carbocycles. The van der Waals surface area contributed by atoms with E-state index >= 15 is 0 Å². The topological polar surface area (TPSA) is 73.9 Å². The van der Waals surface area contributed by atoms with Crippen molar-refractivity contribution in [1.82, 2.24) is 0 Å². The smallest absolute Gasteiger partial charge is 0.153 e. The van der Waals surface area contributed by atoms with Gasteiger partial charge in [0.1, 0.15) is 23.6 Å². The SMILES string of the molecule is N#Cc1cc(Cl)c(Oc2ccccc2C=O)cc1C#N. The first-order chi connectivity index (χ1) is 9.69. The van der Waals surface area contributed by atoms with Gasteiger partial charge in [-0.05, 0) is 18.2 Å². The van der Waals surface area contributed by atoms with Crippen molar-refractivity contribution >= 4 is 17.9 Å². The molecule has 0 atom stereocenters. The van der Waals surface area contributed by atoms with Crippen LogP contribution in [0.15, 0.2) is 36.4 Å². The number of hydrogen-bond donors (Lipinski definition) is 0. The van der Waals surface area contributed by atoms with Gasteiger partial charge in [0.15, 0.2) is 6.29 Å². The highest BCUT2D eigenvalue weighted by atomic mass is 35.5. The lowest BCUT2D eigenvalue weighted by atomic mass is 10.1. The van der Waals surface area contributed by atoms with Gasteiger partial charge in [-0.25, -0.2) is 0 Å². The summed E-state index contributed by atoms with van der Waals surface area (Å²) < 4.78 is 5.55. The molecule has 96 valence electrons. The number of carbonyl (C=O) groups is 1. The summed E-state index contributed by atoms with van der Waals surface area (Å²) in [5.74, 6) is 0.550. The van der Waals surface area contributed by atoms with Crippen LogP contribution in [0.4, 0.5) is 0 Å². The predicted octanol–water partition coefficient (Wildman–Crippen LogP) is 3.69. The summed E-state index contributed by atoms with van der Waals surface area (Å²) in [5.41, 5.74) is 0.704. The van der Waals surface area contributed by atoms with E-state index in [9.17, 15) is 4.79 Å². The van der Waals surface area contributed by atoms with E-state index < -0.39 is 0 Å². The van der Waals surface area contributed by atoms with Gasteiger partial charge in [0.25, 0.3) is 0 Å². The molecule has 0 aliphatic heterocycles. The molecular formula is C15H7ClN2O2. The molecule has 0 bridgehead atoms. The molecule has 0 aromatic heterocycles. The van der Waals surface area contributed by atoms with Crippen molar-refractivity contribution in [3.63, 3.8) is 0 Å². The number of nitriles is 2. The monoisotopic (exact) mass is 282 g/mol. The van der Waals surface area contributed by atoms with Crippen molar-refractivity contribution in [2.24, 2.45) is 0 Å². The van der Waals surface area contributed by atoms with E-state index in [1.807, 2.05) is 12.1 Å². The van der Waals surface area contributed by atoms with Gasteiger partial charge >= 0.3 is 0 Å². The Bertz CT molecular complexity index is 757. The lowest BCUT2D eigenvalue weighted by Gasteiger charge is -2.10. The summed E-state index contributed by atoms with van der Waals surface area (Å²) in [4.78, 5) is 10.9. The molecule has 2 rings (SSSR count). The summed E-state index contributed by atoms with van der Waals surface area (Å²) in [6.45, 7) is 0. The molecule has 0 saturated heterocycles. The van der Waals surface area contributed by atoms with Crippen LogP contribution < -0.4 is 4.74 Å². The van der Waals surface area contributed by atoms with Gasteiger partial charge in [-0.2, -0.15) is 10.5 Å². The number of nitrogens with zero attached hydrogens (tertiary/aromatic N) is 2. The number of carbonyl (C=O) groups excluding carboxylic acids is 1. The second kappa shape index (κ2) is 5.88. The van der Waals surface area contributed by atoms with Crippen molar-refractivity contribution in [2.75, 3.05) is 0 Å². The van der Waals surface area contributed by atoms with Crippen LogP contribution in [0.1, 0.15) is 21.5 Å². The van der Waals surface area contributed by atoms with Crippen molar-refractivity contribution in [3.8, 4) is 23.6 Å². The highest BCUT2D eigenvalue weighted by Crippen LogP contribution is 2.33. The number of benzene rings is 2. The van der Waals surface area contributed by atoms with Crippen molar-refractivity contribution < 1.29 is 9.53 Å². The van der Waals surface area contributed by atoms with Crippen LogP contribution in [-0.4, -0.2) is 6.29 Å². The number of aldehydes is 1. The van der Waals surface area contributed by atoms with E-state index in [0.717, 1.165) is 0 Å². The number of rotatable bonds is 3. The molecule has 0 unspecified atom stereocenters. The molecule has 0 fully saturated rings. The Balaban J connectivity index is 2.47. The first-order valence-electron chi connectivity index (χ1n) is 5.55. The zero-order valence-corrected chi connectivity index (χ0v) is 10.9. The first kappa shape index (κ1) is 13.6. The maximum Gasteiger partial charge on any atom is 0.153 e. The van der Waals surface area contributed by atoms with Crippen LogP contribution in [0.3, 0.4) is 0 Å². The zero-order valence-electron chi connectivity index (χ0n) is 10.1. The normalized spacial score (nSPS) is 9.35. The Morgan fingerprint density at radius 3 is 2.35 bits per heavy atom. The highest BCUT2D eigenvalue weighted by molar-refractivity contribution is 6.32. The average molecular weight is 283 g/mol. The van der Waals surface area contributed by atoms with Crippen molar-refractivity contribution in [2.45, 2.75) is 0 Å². The third kappa shape index (κ3) is 2.61. The third-order valence-electron chi connectivity index (χ3n) is 2.58. The second-order valence-corrected chi connectivity index (χ2v) is 4.22. The molecule has 4 nitrogen and oxygen atoms in total. The minimum absolute atomic E-state index is 0.162. The molecule has 2 aromatic carbocycles.